The Kier molecular flexibility index (Phi) is 37.7. The van der Waals surface area contributed by atoms with Gasteiger partial charge in [-0.3, -0.25) is 18.6 Å². The Morgan fingerprint density at radius 2 is 1.20 bits per heavy atom. The first kappa shape index (κ1) is 51.9. The van der Waals surface area contributed by atoms with Crippen LogP contribution >= 0.6 is 7.82 Å². The molecule has 0 aromatic carbocycles. The SMILES string of the molecule is CCCCC/C=C\C/C=C\CC(O)/C=C\C=C\CCCC(=O)O[C@H](COC(=O)CCCCCCCCCCCCCCCCC)COP(=O)(O)OCCN. The lowest BCUT2D eigenvalue weighted by Crippen LogP contribution is -2.29. The molecule has 2 unspecified atom stereocenters. The highest BCUT2D eigenvalue weighted by Crippen LogP contribution is 2.43. The number of phosphoric acid groups is 1. The van der Waals surface area contributed by atoms with E-state index in [1.165, 1.54) is 96.3 Å². The minimum absolute atomic E-state index is 0.0305. The van der Waals surface area contributed by atoms with Gasteiger partial charge < -0.3 is 25.2 Å². The van der Waals surface area contributed by atoms with Gasteiger partial charge in [0.05, 0.1) is 19.3 Å². The van der Waals surface area contributed by atoms with E-state index in [0.29, 0.717) is 25.7 Å². The molecule has 0 aromatic rings. The number of ether oxygens (including phenoxy) is 2. The molecule has 0 heterocycles. The molecule has 0 radical (unpaired) electrons. The Bertz CT molecular complexity index is 1050. The van der Waals surface area contributed by atoms with Crippen LogP contribution in [-0.2, 0) is 32.7 Å². The summed E-state index contributed by atoms with van der Waals surface area (Å²) in [6, 6.07) is 0. The van der Waals surface area contributed by atoms with Crippen molar-refractivity contribution in [3.8, 4) is 0 Å². The van der Waals surface area contributed by atoms with Gasteiger partial charge in [-0.2, -0.15) is 0 Å². The van der Waals surface area contributed by atoms with Crippen LogP contribution in [0.15, 0.2) is 48.6 Å². The van der Waals surface area contributed by atoms with Gasteiger partial charge in [-0.25, -0.2) is 4.57 Å². The van der Waals surface area contributed by atoms with E-state index in [4.69, 9.17) is 24.3 Å². The summed E-state index contributed by atoms with van der Waals surface area (Å²) >= 11 is 0. The van der Waals surface area contributed by atoms with E-state index in [9.17, 15) is 24.2 Å². The molecule has 0 bridgehead atoms. The first-order valence-electron chi connectivity index (χ1n) is 21.2. The predicted octanol–water partition coefficient (Wildman–Crippen LogP) is 10.9. The lowest BCUT2D eigenvalue weighted by Gasteiger charge is -2.19. The standard InChI is InChI=1S/C43H78NO9P/c1-3-5-7-9-11-13-14-15-16-17-18-20-22-26-30-34-42(46)50-38-41(39-52-54(48,49)51-37-36-44)53-43(47)35-31-27-23-25-29-33-40(45)32-28-24-21-19-12-10-8-6-4-2/h12,19,23-25,28-29,33,40-41,45H,3-11,13-18,20-22,26-27,30-32,34-39,44H2,1-2H3,(H,48,49)/b19-12-,25-23+,28-24-,33-29-/t40?,41-/m1/s1. The molecule has 0 aromatic heterocycles. The number of aliphatic hydroxyl groups excluding tert-OH is 1. The molecule has 0 aliphatic rings. The lowest BCUT2D eigenvalue weighted by molar-refractivity contribution is -0.161. The van der Waals surface area contributed by atoms with Crippen LogP contribution in [0.5, 0.6) is 0 Å². The van der Waals surface area contributed by atoms with Gasteiger partial charge >= 0.3 is 19.8 Å². The van der Waals surface area contributed by atoms with Crippen molar-refractivity contribution in [1.82, 2.24) is 0 Å². The summed E-state index contributed by atoms with van der Waals surface area (Å²) in [5, 5.41) is 10.1. The summed E-state index contributed by atoms with van der Waals surface area (Å²) in [7, 11) is -4.41. The molecule has 0 aliphatic carbocycles. The summed E-state index contributed by atoms with van der Waals surface area (Å²) in [5.41, 5.74) is 5.33. The first-order valence-corrected chi connectivity index (χ1v) is 22.7. The first-order chi connectivity index (χ1) is 26.2. The minimum Gasteiger partial charge on any atom is -0.462 e. The van der Waals surface area contributed by atoms with E-state index in [1.807, 2.05) is 18.2 Å². The average molecular weight is 784 g/mol. The van der Waals surface area contributed by atoms with Gasteiger partial charge in [-0.05, 0) is 44.9 Å². The summed E-state index contributed by atoms with van der Waals surface area (Å²) in [5.74, 6) is -0.957. The zero-order valence-corrected chi connectivity index (χ0v) is 35.0. The van der Waals surface area contributed by atoms with Crippen molar-refractivity contribution in [1.29, 1.82) is 0 Å². The summed E-state index contributed by atoms with van der Waals surface area (Å²) in [6.45, 7) is 3.53. The van der Waals surface area contributed by atoms with E-state index in [0.717, 1.165) is 25.7 Å². The number of allylic oxidation sites excluding steroid dienone is 6. The molecular formula is C43H78NO9P. The molecule has 0 saturated carbocycles. The van der Waals surface area contributed by atoms with Gasteiger partial charge in [0.1, 0.15) is 6.61 Å². The summed E-state index contributed by atoms with van der Waals surface area (Å²) in [4.78, 5) is 34.8. The number of nitrogens with two attached hydrogens (primary N) is 1. The monoisotopic (exact) mass is 784 g/mol. The van der Waals surface area contributed by atoms with Crippen LogP contribution in [0, 0.1) is 0 Å². The molecule has 3 atom stereocenters. The molecule has 0 saturated heterocycles. The summed E-state index contributed by atoms with van der Waals surface area (Å²) in [6.07, 6.45) is 40.3. The number of esters is 2. The fourth-order valence-corrected chi connectivity index (χ4v) is 6.35. The third-order valence-electron chi connectivity index (χ3n) is 8.80. The number of hydrogen-bond acceptors (Lipinski definition) is 9. The molecule has 0 spiro atoms. The molecule has 0 aliphatic heterocycles. The Morgan fingerprint density at radius 1 is 0.648 bits per heavy atom. The molecule has 4 N–H and O–H groups in total. The highest BCUT2D eigenvalue weighted by atomic mass is 31.2. The Hall–Kier alpha value is -2.07. The zero-order valence-electron chi connectivity index (χ0n) is 34.1. The van der Waals surface area contributed by atoms with Crippen LogP contribution in [-0.4, -0.2) is 60.5 Å². The number of unbranched alkanes of at least 4 members (excludes halogenated alkanes) is 18. The Morgan fingerprint density at radius 3 is 1.83 bits per heavy atom. The van der Waals surface area contributed by atoms with E-state index in [2.05, 4.69) is 32.1 Å². The van der Waals surface area contributed by atoms with Gasteiger partial charge in [-0.15, -0.1) is 0 Å². The van der Waals surface area contributed by atoms with E-state index in [-0.39, 0.29) is 32.6 Å². The number of carbonyl (C=O) groups excluding carboxylic acids is 2. The Labute approximate surface area is 329 Å². The van der Waals surface area contributed by atoms with Gasteiger partial charge in [0.15, 0.2) is 6.10 Å². The van der Waals surface area contributed by atoms with E-state index >= 15 is 0 Å². The maximum absolute atomic E-state index is 12.5. The third kappa shape index (κ3) is 38.2. The highest BCUT2D eigenvalue weighted by Gasteiger charge is 2.25. The number of aliphatic hydroxyl groups is 1. The van der Waals surface area contributed by atoms with Crippen molar-refractivity contribution in [2.24, 2.45) is 5.73 Å². The van der Waals surface area contributed by atoms with Gasteiger partial charge in [0.25, 0.3) is 0 Å². The van der Waals surface area contributed by atoms with Crippen LogP contribution in [0.4, 0.5) is 0 Å². The molecule has 54 heavy (non-hydrogen) atoms. The second kappa shape index (κ2) is 39.2. The van der Waals surface area contributed by atoms with Gasteiger partial charge in [0.2, 0.25) is 0 Å². The molecular weight excluding hydrogens is 705 g/mol. The maximum atomic E-state index is 12.5. The van der Waals surface area contributed by atoms with Crippen molar-refractivity contribution in [3.63, 3.8) is 0 Å². The molecule has 11 heteroatoms. The number of hydrogen-bond donors (Lipinski definition) is 3. The predicted molar refractivity (Wildman–Crippen MR) is 221 cm³/mol. The minimum atomic E-state index is -4.41. The number of phosphoric ester groups is 1. The number of rotatable bonds is 39. The van der Waals surface area contributed by atoms with E-state index < -0.39 is 38.6 Å². The Balaban J connectivity index is 4.35. The van der Waals surface area contributed by atoms with Crippen molar-refractivity contribution >= 4 is 19.8 Å². The average Bonchev–Trinajstić information content (AvgIpc) is 3.15. The van der Waals surface area contributed by atoms with E-state index in [1.54, 1.807) is 12.2 Å². The second-order valence-corrected chi connectivity index (χ2v) is 15.5. The van der Waals surface area contributed by atoms with Crippen LogP contribution in [0.3, 0.4) is 0 Å². The van der Waals surface area contributed by atoms with Crippen molar-refractivity contribution in [2.45, 2.75) is 187 Å². The van der Waals surface area contributed by atoms with Gasteiger partial charge in [0, 0.05) is 19.4 Å². The lowest BCUT2D eigenvalue weighted by atomic mass is 10.0. The second-order valence-electron chi connectivity index (χ2n) is 14.1. The molecule has 10 nitrogen and oxygen atoms in total. The van der Waals surface area contributed by atoms with Crippen molar-refractivity contribution in [2.75, 3.05) is 26.4 Å². The van der Waals surface area contributed by atoms with Crippen LogP contribution in [0.1, 0.15) is 174 Å². The maximum Gasteiger partial charge on any atom is 0.472 e. The number of carbonyl (C=O) groups is 2. The highest BCUT2D eigenvalue weighted by molar-refractivity contribution is 7.47. The topological polar surface area (TPSA) is 155 Å². The fourth-order valence-electron chi connectivity index (χ4n) is 5.59. The van der Waals surface area contributed by atoms with Gasteiger partial charge in [-0.1, -0.05) is 165 Å². The summed E-state index contributed by atoms with van der Waals surface area (Å²) < 4.78 is 32.6. The molecule has 0 fully saturated rings. The quantitative estimate of drug-likeness (QED) is 0.0180. The molecule has 314 valence electrons. The smallest absolute Gasteiger partial charge is 0.462 e. The molecule has 0 rings (SSSR count). The van der Waals surface area contributed by atoms with Crippen LogP contribution < -0.4 is 5.73 Å². The normalized spacial score (nSPS) is 14.4. The largest absolute Gasteiger partial charge is 0.472 e. The zero-order chi connectivity index (χ0) is 39.8. The van der Waals surface area contributed by atoms with Crippen LogP contribution in [0.25, 0.3) is 0 Å². The fraction of sp³-hybridized carbons (Fsp3) is 0.767. The van der Waals surface area contributed by atoms with Crippen molar-refractivity contribution < 1.29 is 42.7 Å². The molecule has 0 amide bonds. The van der Waals surface area contributed by atoms with Crippen molar-refractivity contribution in [3.05, 3.63) is 48.6 Å². The third-order valence-corrected chi connectivity index (χ3v) is 9.78. The van der Waals surface area contributed by atoms with Crippen LogP contribution in [0.2, 0.25) is 0 Å².